The van der Waals surface area contributed by atoms with Crippen LogP contribution in [0.4, 0.5) is 4.79 Å². The van der Waals surface area contributed by atoms with Crippen LogP contribution in [0.1, 0.15) is 45.1 Å². The third-order valence-corrected chi connectivity index (χ3v) is 6.64. The molecule has 10 heteroatoms. The Labute approximate surface area is 182 Å². The van der Waals surface area contributed by atoms with E-state index in [-0.39, 0.29) is 4.90 Å². The van der Waals surface area contributed by atoms with E-state index < -0.39 is 34.0 Å². The fourth-order valence-electron chi connectivity index (χ4n) is 3.03. The van der Waals surface area contributed by atoms with Gasteiger partial charge in [0.2, 0.25) is 10.0 Å². The first-order valence-electron chi connectivity index (χ1n) is 10.3. The molecule has 170 valence electrons. The van der Waals surface area contributed by atoms with Gasteiger partial charge in [-0.1, -0.05) is 25.0 Å². The van der Waals surface area contributed by atoms with Gasteiger partial charge >= 0.3 is 12.0 Å². The molecule has 0 aromatic heterocycles. The van der Waals surface area contributed by atoms with Crippen molar-refractivity contribution in [1.82, 2.24) is 14.9 Å². The molecule has 1 unspecified atom stereocenters. The summed E-state index contributed by atoms with van der Waals surface area (Å²) >= 11 is 0. The number of ether oxygens (including phenoxy) is 1. The molecule has 1 fully saturated rings. The Balaban J connectivity index is 1.93. The summed E-state index contributed by atoms with van der Waals surface area (Å²) in [6.45, 7) is 4.47. The van der Waals surface area contributed by atoms with Gasteiger partial charge in [0.25, 0.3) is 5.91 Å². The first-order valence-corrected chi connectivity index (χ1v) is 11.8. The molecule has 3 amide bonds. The average Bonchev–Trinajstić information content (AvgIpc) is 3.03. The summed E-state index contributed by atoms with van der Waals surface area (Å²) in [7, 11) is -3.53. The van der Waals surface area contributed by atoms with Gasteiger partial charge in [0.05, 0.1) is 4.90 Å². The fourth-order valence-corrected chi connectivity index (χ4v) is 4.55. The van der Waals surface area contributed by atoms with E-state index in [2.05, 4.69) is 10.6 Å². The summed E-state index contributed by atoms with van der Waals surface area (Å²) in [5.41, 5.74) is 0.603. The van der Waals surface area contributed by atoms with Crippen LogP contribution in [-0.4, -0.2) is 56.4 Å². The Bertz CT molecular complexity index is 904. The van der Waals surface area contributed by atoms with Crippen LogP contribution in [0.3, 0.4) is 0 Å². The van der Waals surface area contributed by atoms with Gasteiger partial charge in [-0.3, -0.25) is 10.1 Å². The van der Waals surface area contributed by atoms with E-state index >= 15 is 0 Å². The van der Waals surface area contributed by atoms with E-state index in [0.29, 0.717) is 25.2 Å². The lowest BCUT2D eigenvalue weighted by molar-refractivity contribution is -0.149. The molecule has 1 aliphatic heterocycles. The fraction of sp³-hybridized carbons (Fsp3) is 0.476. The lowest BCUT2D eigenvalue weighted by Gasteiger charge is -2.19. The summed E-state index contributed by atoms with van der Waals surface area (Å²) in [4.78, 5) is 35.2. The maximum atomic E-state index is 12.8. The molecule has 0 aliphatic carbocycles. The highest BCUT2D eigenvalue weighted by molar-refractivity contribution is 7.89. The maximum Gasteiger partial charge on any atom is 0.331 e. The summed E-state index contributed by atoms with van der Waals surface area (Å²) in [6.07, 6.45) is 5.24. The minimum Gasteiger partial charge on any atom is -0.449 e. The second-order valence-corrected chi connectivity index (χ2v) is 9.09. The number of nitrogens with one attached hydrogen (secondary N) is 2. The minimum atomic E-state index is -3.53. The predicted molar refractivity (Wildman–Crippen MR) is 115 cm³/mol. The zero-order chi connectivity index (χ0) is 22.9. The quantitative estimate of drug-likeness (QED) is 0.483. The molecule has 1 aromatic rings. The number of amides is 3. The number of carbonyl (C=O) groups is 3. The molecule has 0 spiro atoms. The van der Waals surface area contributed by atoms with Crippen molar-refractivity contribution in [3.63, 3.8) is 0 Å². The number of sulfonamides is 1. The summed E-state index contributed by atoms with van der Waals surface area (Å²) < 4.78 is 32.1. The molecule has 2 rings (SSSR count). The third kappa shape index (κ3) is 7.48. The molecular formula is C21H29N3O6S. The Kier molecular flexibility index (Phi) is 9.20. The number of benzene rings is 1. The topological polar surface area (TPSA) is 122 Å². The highest BCUT2D eigenvalue weighted by atomic mass is 32.2. The monoisotopic (exact) mass is 451 g/mol. The molecule has 1 aromatic carbocycles. The van der Waals surface area contributed by atoms with Crippen LogP contribution in [0.5, 0.6) is 0 Å². The number of urea groups is 1. The van der Waals surface area contributed by atoms with Gasteiger partial charge in [-0.25, -0.2) is 18.0 Å². The van der Waals surface area contributed by atoms with E-state index in [0.717, 1.165) is 31.8 Å². The number of carbonyl (C=O) groups excluding carboxylic acids is 3. The Morgan fingerprint density at radius 2 is 1.71 bits per heavy atom. The molecule has 2 N–H and O–H groups in total. The Morgan fingerprint density at radius 3 is 2.29 bits per heavy atom. The highest BCUT2D eigenvalue weighted by Gasteiger charge is 2.24. The second kappa shape index (κ2) is 11.6. The van der Waals surface area contributed by atoms with Crippen LogP contribution in [0.25, 0.3) is 6.08 Å². The Hall–Kier alpha value is -2.72. The molecule has 9 nitrogen and oxygen atoms in total. The van der Waals surface area contributed by atoms with Crippen LogP contribution in [0.2, 0.25) is 0 Å². The molecule has 31 heavy (non-hydrogen) atoms. The maximum absolute atomic E-state index is 12.8. The van der Waals surface area contributed by atoms with E-state index in [4.69, 9.17) is 4.74 Å². The van der Waals surface area contributed by atoms with Crippen molar-refractivity contribution in [3.05, 3.63) is 35.9 Å². The van der Waals surface area contributed by atoms with Gasteiger partial charge in [-0.05, 0) is 50.5 Å². The van der Waals surface area contributed by atoms with E-state index in [9.17, 15) is 22.8 Å². The van der Waals surface area contributed by atoms with Crippen molar-refractivity contribution in [2.75, 3.05) is 19.6 Å². The smallest absolute Gasteiger partial charge is 0.331 e. The minimum absolute atomic E-state index is 0.213. The lowest BCUT2D eigenvalue weighted by Crippen LogP contribution is -2.44. The summed E-state index contributed by atoms with van der Waals surface area (Å²) in [6, 6.07) is 5.54. The molecule has 1 saturated heterocycles. The molecule has 0 saturated carbocycles. The number of rotatable bonds is 7. The molecule has 0 radical (unpaired) electrons. The van der Waals surface area contributed by atoms with Crippen molar-refractivity contribution in [3.8, 4) is 0 Å². The summed E-state index contributed by atoms with van der Waals surface area (Å²) in [5, 5.41) is 4.46. The number of nitrogens with zero attached hydrogens (tertiary/aromatic N) is 1. The number of esters is 1. The van der Waals surface area contributed by atoms with Gasteiger partial charge in [0.15, 0.2) is 6.10 Å². The van der Waals surface area contributed by atoms with Crippen molar-refractivity contribution in [1.29, 1.82) is 0 Å². The van der Waals surface area contributed by atoms with Gasteiger partial charge in [0, 0.05) is 25.7 Å². The molecular weight excluding hydrogens is 422 g/mol. The van der Waals surface area contributed by atoms with Gasteiger partial charge in [0.1, 0.15) is 0 Å². The zero-order valence-corrected chi connectivity index (χ0v) is 18.6. The van der Waals surface area contributed by atoms with E-state index in [1.54, 1.807) is 19.1 Å². The number of imide groups is 1. The Morgan fingerprint density at radius 1 is 1.10 bits per heavy atom. The number of hydrogen-bond donors (Lipinski definition) is 2. The van der Waals surface area contributed by atoms with Crippen molar-refractivity contribution in [2.45, 2.75) is 50.5 Å². The van der Waals surface area contributed by atoms with Crippen molar-refractivity contribution < 1.29 is 27.5 Å². The van der Waals surface area contributed by atoms with Crippen LogP contribution in [0.15, 0.2) is 35.2 Å². The molecule has 1 aliphatic rings. The third-order valence-electron chi connectivity index (χ3n) is 4.73. The van der Waals surface area contributed by atoms with Crippen LogP contribution in [-0.2, 0) is 24.3 Å². The van der Waals surface area contributed by atoms with Crippen molar-refractivity contribution in [2.24, 2.45) is 0 Å². The highest BCUT2D eigenvalue weighted by Crippen LogP contribution is 2.21. The molecule has 1 atom stereocenters. The first-order chi connectivity index (χ1) is 14.7. The van der Waals surface area contributed by atoms with Gasteiger partial charge < -0.3 is 10.1 Å². The van der Waals surface area contributed by atoms with E-state index in [1.807, 2.05) is 0 Å². The summed E-state index contributed by atoms with van der Waals surface area (Å²) in [5.74, 6) is -1.50. The molecule has 1 heterocycles. The van der Waals surface area contributed by atoms with Crippen LogP contribution >= 0.6 is 0 Å². The number of hydrogen-bond acceptors (Lipinski definition) is 6. The normalized spacial score (nSPS) is 16.3. The van der Waals surface area contributed by atoms with Crippen molar-refractivity contribution >= 4 is 34.0 Å². The standard InChI is InChI=1S/C21H29N3O6S/c1-3-22-21(27)23-20(26)16(2)30-19(25)13-10-17-8-11-18(12-9-17)31(28,29)24-14-6-4-5-7-15-24/h8-13,16H,3-7,14-15H2,1-2H3,(H2,22,23,26,27)/b13-10+. The van der Waals surface area contributed by atoms with E-state index in [1.165, 1.54) is 29.4 Å². The van der Waals surface area contributed by atoms with Crippen LogP contribution < -0.4 is 10.6 Å². The van der Waals surface area contributed by atoms with Gasteiger partial charge in [-0.2, -0.15) is 4.31 Å². The largest absolute Gasteiger partial charge is 0.449 e. The SMILES string of the molecule is CCNC(=O)NC(=O)C(C)OC(=O)/C=C/c1ccc(S(=O)(=O)N2CCCCCC2)cc1. The van der Waals surface area contributed by atoms with Gasteiger partial charge in [-0.15, -0.1) is 0 Å². The first kappa shape index (κ1) is 24.5. The lowest BCUT2D eigenvalue weighted by atomic mass is 10.2. The average molecular weight is 452 g/mol. The van der Waals surface area contributed by atoms with Crippen LogP contribution in [0, 0.1) is 0 Å². The predicted octanol–water partition coefficient (Wildman–Crippen LogP) is 2.04. The second-order valence-electron chi connectivity index (χ2n) is 7.15. The zero-order valence-electron chi connectivity index (χ0n) is 17.8. The molecule has 0 bridgehead atoms.